The molecule has 0 fully saturated rings. The van der Waals surface area contributed by atoms with E-state index in [1.165, 1.54) is 4.57 Å². The summed E-state index contributed by atoms with van der Waals surface area (Å²) in [6.07, 6.45) is 3.27. The molecule has 4 rings (SSSR count). The Morgan fingerprint density at radius 3 is 2.76 bits per heavy atom. The van der Waals surface area contributed by atoms with Crippen LogP contribution < -0.4 is 15.6 Å². The van der Waals surface area contributed by atoms with Crippen LogP contribution in [0, 0.1) is 6.92 Å². The number of hydrogen-bond donors (Lipinski definition) is 1. The molecular formula is C25H26ClN5O3. The van der Waals surface area contributed by atoms with Gasteiger partial charge in [0.2, 0.25) is 0 Å². The highest BCUT2D eigenvalue weighted by molar-refractivity contribution is 6.29. The fourth-order valence-electron chi connectivity index (χ4n) is 3.29. The molecule has 0 unspecified atom stereocenters. The number of nitrogens with one attached hydrogen (secondary N) is 1. The van der Waals surface area contributed by atoms with Crippen LogP contribution in [0.15, 0.2) is 64.1 Å². The van der Waals surface area contributed by atoms with Crippen LogP contribution in [-0.4, -0.2) is 46.7 Å². The van der Waals surface area contributed by atoms with Gasteiger partial charge < -0.3 is 23.9 Å². The minimum atomic E-state index is -0.222. The van der Waals surface area contributed by atoms with E-state index in [1.807, 2.05) is 39.2 Å². The van der Waals surface area contributed by atoms with Gasteiger partial charge in [-0.1, -0.05) is 17.7 Å². The van der Waals surface area contributed by atoms with Gasteiger partial charge >= 0.3 is 0 Å². The van der Waals surface area contributed by atoms with Crippen LogP contribution in [0.4, 0.5) is 11.7 Å². The molecule has 0 aliphatic carbocycles. The molecule has 8 nitrogen and oxygen atoms in total. The summed E-state index contributed by atoms with van der Waals surface area (Å²) in [5.41, 5.74) is 3.38. The number of oxazole rings is 1. The molecule has 0 radical (unpaired) electrons. The molecule has 0 aliphatic heterocycles. The number of aryl methyl sites for hydroxylation is 1. The van der Waals surface area contributed by atoms with Crippen molar-refractivity contribution in [3.05, 3.63) is 75.9 Å². The number of aromatic nitrogens is 3. The summed E-state index contributed by atoms with van der Waals surface area (Å²) >= 11 is 6.03. The van der Waals surface area contributed by atoms with E-state index >= 15 is 0 Å². The molecule has 0 amide bonds. The molecule has 1 aromatic carbocycles. The van der Waals surface area contributed by atoms with E-state index in [-0.39, 0.29) is 5.56 Å². The van der Waals surface area contributed by atoms with Crippen molar-refractivity contribution in [3.63, 3.8) is 0 Å². The Morgan fingerprint density at radius 2 is 1.97 bits per heavy atom. The second kappa shape index (κ2) is 10.1. The molecule has 3 aromatic heterocycles. The second-order valence-electron chi connectivity index (χ2n) is 8.15. The second-order valence-corrected chi connectivity index (χ2v) is 8.53. The third-order valence-electron chi connectivity index (χ3n) is 5.33. The highest BCUT2D eigenvalue weighted by Crippen LogP contribution is 2.29. The van der Waals surface area contributed by atoms with Gasteiger partial charge in [-0.15, -0.1) is 0 Å². The average molecular weight is 480 g/mol. The number of pyridine rings is 2. The molecule has 0 saturated carbocycles. The number of anilines is 2. The van der Waals surface area contributed by atoms with Crippen LogP contribution >= 0.6 is 11.6 Å². The normalized spacial score (nSPS) is 11.1. The van der Waals surface area contributed by atoms with Crippen molar-refractivity contribution in [2.45, 2.75) is 6.92 Å². The molecule has 4 aromatic rings. The predicted octanol–water partition coefficient (Wildman–Crippen LogP) is 4.75. The van der Waals surface area contributed by atoms with E-state index in [4.69, 9.17) is 20.8 Å². The minimum Gasteiger partial charge on any atom is -0.492 e. The lowest BCUT2D eigenvalue weighted by Gasteiger charge is -2.13. The number of hydrogen-bond acceptors (Lipinski definition) is 7. The largest absolute Gasteiger partial charge is 0.492 e. The minimum absolute atomic E-state index is 0.222. The van der Waals surface area contributed by atoms with Gasteiger partial charge in [-0.2, -0.15) is 0 Å². The molecule has 176 valence electrons. The monoisotopic (exact) mass is 479 g/mol. The van der Waals surface area contributed by atoms with E-state index in [9.17, 15) is 4.79 Å². The van der Waals surface area contributed by atoms with Gasteiger partial charge in [-0.05, 0) is 56.9 Å². The van der Waals surface area contributed by atoms with Crippen molar-refractivity contribution in [1.29, 1.82) is 0 Å². The number of ether oxygens (including phenoxy) is 1. The highest BCUT2D eigenvalue weighted by Gasteiger charge is 2.13. The summed E-state index contributed by atoms with van der Waals surface area (Å²) in [4.78, 5) is 23.4. The summed E-state index contributed by atoms with van der Waals surface area (Å²) < 4.78 is 13.2. The first kappa shape index (κ1) is 23.5. The molecule has 0 saturated heterocycles. The van der Waals surface area contributed by atoms with Crippen molar-refractivity contribution in [2.75, 3.05) is 32.6 Å². The number of halogens is 1. The van der Waals surface area contributed by atoms with Gasteiger partial charge in [0, 0.05) is 37.1 Å². The highest BCUT2D eigenvalue weighted by atomic mass is 35.5. The van der Waals surface area contributed by atoms with Crippen LogP contribution in [0.25, 0.3) is 22.6 Å². The van der Waals surface area contributed by atoms with Gasteiger partial charge in [0.05, 0.1) is 17.5 Å². The Kier molecular flexibility index (Phi) is 7.00. The van der Waals surface area contributed by atoms with Gasteiger partial charge in [-0.3, -0.25) is 9.78 Å². The summed E-state index contributed by atoms with van der Waals surface area (Å²) in [7, 11) is 5.63. The Balaban J connectivity index is 1.54. The van der Waals surface area contributed by atoms with Crippen LogP contribution in [0.3, 0.4) is 0 Å². The molecule has 9 heteroatoms. The van der Waals surface area contributed by atoms with Gasteiger partial charge in [0.15, 0.2) is 5.76 Å². The van der Waals surface area contributed by atoms with Gasteiger partial charge in [0.25, 0.3) is 11.6 Å². The molecule has 0 atom stereocenters. The number of likely N-dealkylation sites (N-methyl/N-ethyl adjacent to an activating group) is 1. The fraction of sp³-hybridized carbons (Fsp3) is 0.240. The fourth-order valence-corrected chi connectivity index (χ4v) is 3.43. The SMILES string of the molecule is Cc1ccc(OCCN(C)C)cc1Nc1ncc(-c2ccnc(-c3ccc(Cl)n(C)c3=O)c2)o1. The van der Waals surface area contributed by atoms with E-state index < -0.39 is 0 Å². The van der Waals surface area contributed by atoms with Crippen LogP contribution in [0.2, 0.25) is 5.15 Å². The summed E-state index contributed by atoms with van der Waals surface area (Å²) in [6, 6.07) is 13.1. The van der Waals surface area contributed by atoms with Crippen molar-refractivity contribution in [2.24, 2.45) is 7.05 Å². The molecule has 34 heavy (non-hydrogen) atoms. The molecular weight excluding hydrogens is 454 g/mol. The lowest BCUT2D eigenvalue weighted by molar-refractivity contribution is 0.261. The summed E-state index contributed by atoms with van der Waals surface area (Å²) in [6.45, 7) is 3.42. The van der Waals surface area contributed by atoms with Crippen molar-refractivity contribution in [1.82, 2.24) is 19.4 Å². The number of nitrogens with zero attached hydrogens (tertiary/aromatic N) is 4. The first-order valence-corrected chi connectivity index (χ1v) is 11.1. The topological polar surface area (TPSA) is 85.4 Å². The van der Waals surface area contributed by atoms with Crippen LogP contribution in [0.5, 0.6) is 5.75 Å². The number of benzene rings is 1. The third kappa shape index (κ3) is 5.30. The third-order valence-corrected chi connectivity index (χ3v) is 5.71. The smallest absolute Gasteiger partial charge is 0.299 e. The van der Waals surface area contributed by atoms with E-state index in [1.54, 1.807) is 43.7 Å². The van der Waals surface area contributed by atoms with E-state index in [2.05, 4.69) is 20.2 Å². The Labute approximate surface area is 202 Å². The average Bonchev–Trinajstić information content (AvgIpc) is 3.28. The van der Waals surface area contributed by atoms with Gasteiger partial charge in [-0.25, -0.2) is 4.98 Å². The quantitative estimate of drug-likeness (QED) is 0.365. The van der Waals surface area contributed by atoms with Gasteiger partial charge in [0.1, 0.15) is 17.5 Å². The molecule has 0 aliphatic rings. The lowest BCUT2D eigenvalue weighted by atomic mass is 10.1. The summed E-state index contributed by atoms with van der Waals surface area (Å²) in [5, 5.41) is 3.58. The van der Waals surface area contributed by atoms with Crippen molar-refractivity contribution >= 4 is 23.3 Å². The molecule has 3 heterocycles. The predicted molar refractivity (Wildman–Crippen MR) is 134 cm³/mol. The van der Waals surface area contributed by atoms with Crippen molar-refractivity contribution in [3.8, 4) is 28.3 Å². The zero-order valence-electron chi connectivity index (χ0n) is 19.5. The zero-order chi connectivity index (χ0) is 24.2. The zero-order valence-corrected chi connectivity index (χ0v) is 20.3. The maximum absolute atomic E-state index is 12.6. The van der Waals surface area contributed by atoms with E-state index in [0.717, 1.165) is 29.1 Å². The maximum atomic E-state index is 12.6. The maximum Gasteiger partial charge on any atom is 0.299 e. The Hall–Kier alpha value is -3.62. The van der Waals surface area contributed by atoms with Crippen LogP contribution in [0.1, 0.15) is 5.56 Å². The van der Waals surface area contributed by atoms with Crippen molar-refractivity contribution < 1.29 is 9.15 Å². The number of rotatable bonds is 8. The first-order valence-electron chi connectivity index (χ1n) is 10.7. The molecule has 1 N–H and O–H groups in total. The Bertz CT molecular complexity index is 1360. The lowest BCUT2D eigenvalue weighted by Crippen LogP contribution is -2.19. The molecule has 0 bridgehead atoms. The van der Waals surface area contributed by atoms with Crippen LogP contribution in [-0.2, 0) is 7.05 Å². The molecule has 0 spiro atoms. The Morgan fingerprint density at radius 1 is 1.15 bits per heavy atom. The summed E-state index contributed by atoms with van der Waals surface area (Å²) in [5.74, 6) is 1.32. The standard InChI is InChI=1S/C25H26ClN5O3/c1-16-5-6-18(33-12-11-30(2)3)14-20(16)29-25-28-15-22(34-25)17-9-10-27-21(13-17)19-7-8-23(26)31(4)24(19)32/h5-10,13-15H,11-12H2,1-4H3,(H,28,29). The van der Waals surface area contributed by atoms with E-state index in [0.29, 0.717) is 34.8 Å². The first-order chi connectivity index (χ1) is 16.3.